The van der Waals surface area contributed by atoms with Gasteiger partial charge in [0.25, 0.3) is 0 Å². The molecule has 2 N–H and O–H groups in total. The van der Waals surface area contributed by atoms with E-state index < -0.39 is 0 Å². The molecule has 0 aromatic rings. The fourth-order valence-corrected chi connectivity index (χ4v) is 3.79. The number of ether oxygens (including phenoxy) is 1. The number of aliphatic hydroxyl groups excluding tert-OH is 1. The Balaban J connectivity index is 2.53. The maximum Gasteiger partial charge on any atom is 0.407 e. The summed E-state index contributed by atoms with van der Waals surface area (Å²) in [6.07, 6.45) is 5.29. The molecule has 1 unspecified atom stereocenters. The second-order valence-corrected chi connectivity index (χ2v) is 7.99. The highest BCUT2D eigenvalue weighted by atomic mass is 32.2. The molecule has 1 aliphatic carbocycles. The Bertz CT molecular complexity index is 418. The van der Waals surface area contributed by atoms with Gasteiger partial charge in [0.05, 0.1) is 23.3 Å². The van der Waals surface area contributed by atoms with Crippen LogP contribution in [-0.4, -0.2) is 46.8 Å². The first-order chi connectivity index (χ1) is 11.2. The fraction of sp³-hybridized carbons (Fsp3) is 0.889. The van der Waals surface area contributed by atoms with Crippen molar-refractivity contribution in [2.75, 3.05) is 6.26 Å². The van der Waals surface area contributed by atoms with Gasteiger partial charge in [-0.1, -0.05) is 6.92 Å². The largest absolute Gasteiger partial charge is 0.447 e. The van der Waals surface area contributed by atoms with E-state index in [0.29, 0.717) is 5.92 Å². The molecule has 1 amide bonds. The van der Waals surface area contributed by atoms with Crippen molar-refractivity contribution < 1.29 is 14.6 Å². The topological polar surface area (TPSA) is 70.9 Å². The van der Waals surface area contributed by atoms with Gasteiger partial charge in [-0.05, 0) is 59.6 Å². The van der Waals surface area contributed by atoms with Gasteiger partial charge in [-0.15, -0.1) is 11.8 Å². The van der Waals surface area contributed by atoms with Crippen molar-refractivity contribution in [3.05, 3.63) is 0 Å². The molecule has 3 atom stereocenters. The van der Waals surface area contributed by atoms with Crippen LogP contribution in [0.3, 0.4) is 0 Å². The summed E-state index contributed by atoms with van der Waals surface area (Å²) in [5.41, 5.74) is 0. The van der Waals surface area contributed by atoms with Gasteiger partial charge < -0.3 is 15.2 Å². The van der Waals surface area contributed by atoms with Crippen LogP contribution in [0.1, 0.15) is 60.3 Å². The summed E-state index contributed by atoms with van der Waals surface area (Å²) in [6, 6.07) is 0.314. The Hall–Kier alpha value is -0.750. The maximum atomic E-state index is 11.7. The normalized spacial score (nSPS) is 25.9. The minimum absolute atomic E-state index is 0.0889. The Morgan fingerprint density at radius 2 is 1.75 bits per heavy atom. The van der Waals surface area contributed by atoms with E-state index in [1.165, 1.54) is 5.04 Å². The molecule has 0 spiro atoms. The van der Waals surface area contributed by atoms with Gasteiger partial charge in [-0.3, -0.25) is 4.99 Å². The highest BCUT2D eigenvalue weighted by molar-refractivity contribution is 8.13. The maximum absolute atomic E-state index is 11.7. The van der Waals surface area contributed by atoms with E-state index in [-0.39, 0.29) is 36.3 Å². The molecule has 5 nitrogen and oxygen atoms in total. The van der Waals surface area contributed by atoms with Crippen LogP contribution in [0.4, 0.5) is 4.79 Å². The molecule has 0 aromatic heterocycles. The van der Waals surface area contributed by atoms with E-state index in [1.54, 1.807) is 11.8 Å². The molecule has 0 aliphatic heterocycles. The van der Waals surface area contributed by atoms with Crippen LogP contribution < -0.4 is 5.32 Å². The molecular weight excluding hydrogens is 324 g/mol. The van der Waals surface area contributed by atoms with E-state index in [2.05, 4.69) is 18.5 Å². The highest BCUT2D eigenvalue weighted by Crippen LogP contribution is 2.30. The molecule has 6 heteroatoms. The number of aliphatic imine (C=N–C) groups is 1. The number of rotatable bonds is 6. The molecule has 0 aromatic carbocycles. The molecule has 1 aliphatic rings. The van der Waals surface area contributed by atoms with Crippen LogP contribution in [-0.2, 0) is 4.74 Å². The lowest BCUT2D eigenvalue weighted by molar-refractivity contribution is 0.109. The van der Waals surface area contributed by atoms with Crippen molar-refractivity contribution in [2.24, 2.45) is 16.8 Å². The smallest absolute Gasteiger partial charge is 0.407 e. The average molecular weight is 359 g/mol. The van der Waals surface area contributed by atoms with Crippen LogP contribution >= 0.6 is 11.8 Å². The van der Waals surface area contributed by atoms with Gasteiger partial charge in [0.2, 0.25) is 0 Å². The lowest BCUT2D eigenvalue weighted by Gasteiger charge is -2.30. The summed E-state index contributed by atoms with van der Waals surface area (Å²) in [6.45, 7) is 9.64. The molecule has 0 saturated heterocycles. The first-order valence-electron chi connectivity index (χ1n) is 9.01. The Kier molecular flexibility index (Phi) is 9.13. The van der Waals surface area contributed by atoms with Crippen LogP contribution in [0.5, 0.6) is 0 Å². The van der Waals surface area contributed by atoms with Crippen molar-refractivity contribution in [2.45, 2.75) is 84.6 Å². The molecule has 1 rings (SSSR count). The third-order valence-corrected chi connectivity index (χ3v) is 5.66. The molecule has 1 fully saturated rings. The quantitative estimate of drug-likeness (QED) is 0.559. The predicted octanol–water partition coefficient (Wildman–Crippen LogP) is 3.85. The third kappa shape index (κ3) is 7.01. The number of thioether (sulfide) groups is 1. The standard InChI is InChI=1S/C18H34N2O3S/c1-11(2)23-18(22)20-16-9-7-15(8-10-16)17(24-6)19-13(4)12(3)14(5)21/h11-16,21H,7-10H2,1-6H3,(H,20,22)/t12-,13+,14?,15?,16?/m0/s1. The summed E-state index contributed by atoms with van der Waals surface area (Å²) in [4.78, 5) is 16.6. The van der Waals surface area contributed by atoms with Crippen LogP contribution in [0.2, 0.25) is 0 Å². The Morgan fingerprint density at radius 3 is 2.21 bits per heavy atom. The molecule has 0 bridgehead atoms. The molecular formula is C18H34N2O3S. The zero-order chi connectivity index (χ0) is 18.3. The third-order valence-electron chi connectivity index (χ3n) is 4.80. The number of hydrogen-bond acceptors (Lipinski definition) is 5. The first-order valence-corrected chi connectivity index (χ1v) is 10.2. The highest BCUT2D eigenvalue weighted by Gasteiger charge is 2.27. The zero-order valence-electron chi connectivity index (χ0n) is 15.9. The number of nitrogens with zero attached hydrogens (tertiary/aromatic N) is 1. The number of hydrogen-bond donors (Lipinski definition) is 2. The van der Waals surface area contributed by atoms with Crippen LogP contribution in [0.15, 0.2) is 4.99 Å². The van der Waals surface area contributed by atoms with Crippen molar-refractivity contribution in [1.82, 2.24) is 5.32 Å². The summed E-state index contributed by atoms with van der Waals surface area (Å²) in [5.74, 6) is 0.610. The number of aliphatic hydroxyl groups is 1. The Morgan fingerprint density at radius 1 is 1.17 bits per heavy atom. The van der Waals surface area contributed by atoms with Crippen LogP contribution in [0, 0.1) is 11.8 Å². The second kappa shape index (κ2) is 10.3. The lowest BCUT2D eigenvalue weighted by atomic mass is 9.86. The summed E-state index contributed by atoms with van der Waals surface area (Å²) in [7, 11) is 0. The van der Waals surface area contributed by atoms with E-state index in [9.17, 15) is 9.90 Å². The van der Waals surface area contributed by atoms with E-state index in [4.69, 9.17) is 9.73 Å². The minimum atomic E-state index is -0.348. The van der Waals surface area contributed by atoms with Crippen molar-refractivity contribution in [3.63, 3.8) is 0 Å². The van der Waals surface area contributed by atoms with E-state index in [0.717, 1.165) is 25.7 Å². The van der Waals surface area contributed by atoms with Gasteiger partial charge in [-0.2, -0.15) is 0 Å². The number of amides is 1. The predicted molar refractivity (Wildman–Crippen MR) is 102 cm³/mol. The number of carbonyl (C=O) groups excluding carboxylic acids is 1. The zero-order valence-corrected chi connectivity index (χ0v) is 16.7. The minimum Gasteiger partial charge on any atom is -0.447 e. The number of nitrogens with one attached hydrogen (secondary N) is 1. The molecule has 24 heavy (non-hydrogen) atoms. The Labute approximate surface area is 151 Å². The summed E-state index contributed by atoms with van der Waals surface area (Å²) in [5, 5.41) is 13.9. The van der Waals surface area contributed by atoms with Gasteiger partial charge in [0.15, 0.2) is 0 Å². The van der Waals surface area contributed by atoms with Gasteiger partial charge in [0.1, 0.15) is 0 Å². The van der Waals surface area contributed by atoms with E-state index >= 15 is 0 Å². The van der Waals surface area contributed by atoms with Crippen molar-refractivity contribution in [3.8, 4) is 0 Å². The molecule has 1 saturated carbocycles. The van der Waals surface area contributed by atoms with Gasteiger partial charge >= 0.3 is 6.09 Å². The number of alkyl carbamates (subject to hydrolysis) is 1. The monoisotopic (exact) mass is 358 g/mol. The average Bonchev–Trinajstić information content (AvgIpc) is 2.51. The number of carbonyl (C=O) groups is 1. The van der Waals surface area contributed by atoms with Gasteiger partial charge in [-0.25, -0.2) is 4.79 Å². The SMILES string of the molecule is CSC(=N[C@H](C)[C@H](C)C(C)O)C1CCC(NC(=O)OC(C)C)CC1. The van der Waals surface area contributed by atoms with Crippen LogP contribution in [0.25, 0.3) is 0 Å². The van der Waals surface area contributed by atoms with Crippen molar-refractivity contribution in [1.29, 1.82) is 0 Å². The molecule has 140 valence electrons. The second-order valence-electron chi connectivity index (χ2n) is 7.16. The molecule has 0 heterocycles. The lowest BCUT2D eigenvalue weighted by Crippen LogP contribution is -2.39. The van der Waals surface area contributed by atoms with Gasteiger partial charge in [0, 0.05) is 17.9 Å². The fourth-order valence-electron chi connectivity index (χ4n) is 2.95. The molecule has 0 radical (unpaired) electrons. The summed E-state index contributed by atoms with van der Waals surface area (Å²) < 4.78 is 5.15. The van der Waals surface area contributed by atoms with E-state index in [1.807, 2.05) is 27.7 Å². The summed E-state index contributed by atoms with van der Waals surface area (Å²) >= 11 is 1.71. The first kappa shape index (κ1) is 21.3. The van der Waals surface area contributed by atoms with Crippen molar-refractivity contribution >= 4 is 22.9 Å².